The van der Waals surface area contributed by atoms with Crippen molar-refractivity contribution in [3.63, 3.8) is 0 Å². The maximum atomic E-state index is 11.6. The minimum Gasteiger partial charge on any atom is -0.465 e. The van der Waals surface area contributed by atoms with Crippen molar-refractivity contribution >= 4 is 12.3 Å². The number of ether oxygens (including phenoxy) is 1. The van der Waals surface area contributed by atoms with Crippen LogP contribution in [0.1, 0.15) is 43.7 Å². The van der Waals surface area contributed by atoms with Crippen molar-refractivity contribution in [2.75, 3.05) is 7.11 Å². The summed E-state index contributed by atoms with van der Waals surface area (Å²) >= 11 is 0. The Labute approximate surface area is 133 Å². The van der Waals surface area contributed by atoms with E-state index >= 15 is 0 Å². The first-order chi connectivity index (χ1) is 11.2. The van der Waals surface area contributed by atoms with Crippen LogP contribution in [0.5, 0.6) is 0 Å². The van der Waals surface area contributed by atoms with Gasteiger partial charge in [0.25, 0.3) is 0 Å². The quantitative estimate of drug-likeness (QED) is 0.561. The monoisotopic (exact) mass is 308 g/mol. The Morgan fingerprint density at radius 3 is 2.43 bits per heavy atom. The van der Waals surface area contributed by atoms with E-state index in [0.717, 1.165) is 23.2 Å². The fraction of sp³-hybridized carbons (Fsp3) is 0.111. The standard InChI is InChI=1S/C18H16N2O3/c1-23-18(22)13-6-4-12(5-7-13)17(15-3-2-10-19-15)16-9-8-14(11-21)20-16/h2-11,17,19-20H,1H3. The number of methoxy groups -OCH3 is 1. The molecule has 2 heterocycles. The highest BCUT2D eigenvalue weighted by molar-refractivity contribution is 5.89. The molecule has 5 nitrogen and oxygen atoms in total. The second-order valence-corrected chi connectivity index (χ2v) is 5.16. The van der Waals surface area contributed by atoms with Crippen molar-refractivity contribution in [3.05, 3.63) is 82.9 Å². The molecule has 0 aliphatic carbocycles. The zero-order chi connectivity index (χ0) is 16.2. The number of hydrogen-bond acceptors (Lipinski definition) is 3. The molecule has 0 saturated heterocycles. The van der Waals surface area contributed by atoms with Crippen LogP contribution in [0.3, 0.4) is 0 Å². The van der Waals surface area contributed by atoms with E-state index in [-0.39, 0.29) is 11.9 Å². The van der Waals surface area contributed by atoms with Crippen LogP contribution in [0.2, 0.25) is 0 Å². The number of aromatic amines is 2. The average molecular weight is 308 g/mol. The van der Waals surface area contributed by atoms with Crippen LogP contribution in [0.15, 0.2) is 54.7 Å². The Bertz CT molecular complexity index is 801. The number of aromatic nitrogens is 2. The van der Waals surface area contributed by atoms with Crippen LogP contribution in [0.25, 0.3) is 0 Å². The summed E-state index contributed by atoms with van der Waals surface area (Å²) in [5, 5.41) is 0. The molecule has 1 aromatic carbocycles. The number of nitrogens with one attached hydrogen (secondary N) is 2. The fourth-order valence-electron chi connectivity index (χ4n) is 2.65. The summed E-state index contributed by atoms with van der Waals surface area (Å²) in [6.45, 7) is 0. The molecule has 0 aliphatic rings. The van der Waals surface area contributed by atoms with Crippen molar-refractivity contribution < 1.29 is 14.3 Å². The first kappa shape index (κ1) is 14.8. The van der Waals surface area contributed by atoms with Gasteiger partial charge >= 0.3 is 5.97 Å². The van der Waals surface area contributed by atoms with Crippen LogP contribution < -0.4 is 0 Å². The van der Waals surface area contributed by atoms with E-state index in [9.17, 15) is 9.59 Å². The van der Waals surface area contributed by atoms with Crippen molar-refractivity contribution in [1.82, 2.24) is 9.97 Å². The molecule has 0 amide bonds. The molecular weight excluding hydrogens is 292 g/mol. The Morgan fingerprint density at radius 2 is 1.87 bits per heavy atom. The zero-order valence-electron chi connectivity index (χ0n) is 12.6. The molecule has 0 radical (unpaired) electrons. The predicted molar refractivity (Wildman–Crippen MR) is 85.7 cm³/mol. The molecule has 3 aromatic rings. The molecule has 0 fully saturated rings. The van der Waals surface area contributed by atoms with E-state index in [2.05, 4.69) is 9.97 Å². The molecule has 1 unspecified atom stereocenters. The summed E-state index contributed by atoms with van der Waals surface area (Å²) in [5.41, 5.74) is 3.93. The van der Waals surface area contributed by atoms with E-state index in [4.69, 9.17) is 4.74 Å². The molecule has 3 rings (SSSR count). The molecule has 0 aliphatic heterocycles. The van der Waals surface area contributed by atoms with Crippen molar-refractivity contribution in [2.24, 2.45) is 0 Å². The van der Waals surface area contributed by atoms with Crippen LogP contribution >= 0.6 is 0 Å². The number of rotatable bonds is 5. The first-order valence-electron chi connectivity index (χ1n) is 7.18. The molecule has 2 aromatic heterocycles. The van der Waals surface area contributed by atoms with Crippen LogP contribution in [0, 0.1) is 0 Å². The lowest BCUT2D eigenvalue weighted by Gasteiger charge is -2.15. The van der Waals surface area contributed by atoms with E-state index in [1.807, 2.05) is 36.5 Å². The van der Waals surface area contributed by atoms with Crippen LogP contribution in [-0.4, -0.2) is 29.3 Å². The smallest absolute Gasteiger partial charge is 0.337 e. The molecule has 116 valence electrons. The minimum atomic E-state index is -0.365. The second-order valence-electron chi connectivity index (χ2n) is 5.16. The van der Waals surface area contributed by atoms with Gasteiger partial charge in [-0.1, -0.05) is 12.1 Å². The highest BCUT2D eigenvalue weighted by Crippen LogP contribution is 2.30. The van der Waals surface area contributed by atoms with Crippen molar-refractivity contribution in [2.45, 2.75) is 5.92 Å². The molecule has 0 bridgehead atoms. The van der Waals surface area contributed by atoms with Gasteiger partial charge in [-0.25, -0.2) is 4.79 Å². The second kappa shape index (κ2) is 6.36. The summed E-state index contributed by atoms with van der Waals surface area (Å²) < 4.78 is 4.72. The maximum absolute atomic E-state index is 11.6. The Balaban J connectivity index is 2.02. The van der Waals surface area contributed by atoms with Crippen molar-refractivity contribution in [1.29, 1.82) is 0 Å². The lowest BCUT2D eigenvalue weighted by molar-refractivity contribution is 0.0600. The molecule has 2 N–H and O–H groups in total. The highest BCUT2D eigenvalue weighted by atomic mass is 16.5. The number of H-pyrrole nitrogens is 2. The topological polar surface area (TPSA) is 75.0 Å². The summed E-state index contributed by atoms with van der Waals surface area (Å²) in [4.78, 5) is 28.8. The molecule has 5 heteroatoms. The third-order valence-corrected chi connectivity index (χ3v) is 3.77. The average Bonchev–Trinajstić information content (AvgIpc) is 3.27. The molecule has 0 saturated carbocycles. The minimum absolute atomic E-state index is 0.0783. The fourth-order valence-corrected chi connectivity index (χ4v) is 2.65. The molecular formula is C18H16N2O3. The number of carbonyl (C=O) groups is 2. The van der Waals surface area contributed by atoms with E-state index in [1.54, 1.807) is 18.2 Å². The van der Waals surface area contributed by atoms with Gasteiger partial charge < -0.3 is 14.7 Å². The third kappa shape index (κ3) is 2.94. The van der Waals surface area contributed by atoms with Crippen LogP contribution in [-0.2, 0) is 4.74 Å². The lowest BCUT2D eigenvalue weighted by atomic mass is 9.92. The van der Waals surface area contributed by atoms with Gasteiger partial charge in [-0.2, -0.15) is 0 Å². The molecule has 1 atom stereocenters. The molecule has 23 heavy (non-hydrogen) atoms. The van der Waals surface area contributed by atoms with E-state index < -0.39 is 0 Å². The van der Waals surface area contributed by atoms with Gasteiger partial charge in [0.05, 0.1) is 24.3 Å². The highest BCUT2D eigenvalue weighted by Gasteiger charge is 2.19. The summed E-state index contributed by atoms with van der Waals surface area (Å²) in [6.07, 6.45) is 2.64. The summed E-state index contributed by atoms with van der Waals surface area (Å²) in [7, 11) is 1.36. The van der Waals surface area contributed by atoms with E-state index in [0.29, 0.717) is 11.3 Å². The Morgan fingerprint density at radius 1 is 1.09 bits per heavy atom. The normalized spacial score (nSPS) is 11.9. The lowest BCUT2D eigenvalue weighted by Crippen LogP contribution is -2.06. The maximum Gasteiger partial charge on any atom is 0.337 e. The van der Waals surface area contributed by atoms with Crippen LogP contribution in [0.4, 0.5) is 0 Å². The molecule has 0 spiro atoms. The van der Waals surface area contributed by atoms with Gasteiger partial charge in [-0.05, 0) is 42.0 Å². The van der Waals surface area contributed by atoms with Gasteiger partial charge in [0.1, 0.15) is 0 Å². The number of hydrogen-bond donors (Lipinski definition) is 2. The number of carbonyl (C=O) groups excluding carboxylic acids is 2. The van der Waals surface area contributed by atoms with Gasteiger partial charge in [0.15, 0.2) is 6.29 Å². The number of aldehydes is 1. The van der Waals surface area contributed by atoms with Gasteiger partial charge in [0.2, 0.25) is 0 Å². The Kier molecular flexibility index (Phi) is 4.10. The summed E-state index contributed by atoms with van der Waals surface area (Å²) in [5.74, 6) is -0.443. The van der Waals surface area contributed by atoms with Crippen molar-refractivity contribution in [3.8, 4) is 0 Å². The number of benzene rings is 1. The van der Waals surface area contributed by atoms with Gasteiger partial charge in [-0.3, -0.25) is 4.79 Å². The first-order valence-corrected chi connectivity index (χ1v) is 7.18. The van der Waals surface area contributed by atoms with Gasteiger partial charge in [0, 0.05) is 17.6 Å². The summed E-state index contributed by atoms with van der Waals surface area (Å²) in [6, 6.07) is 14.8. The predicted octanol–water partition coefficient (Wildman–Crippen LogP) is 3.12. The largest absolute Gasteiger partial charge is 0.465 e. The van der Waals surface area contributed by atoms with Gasteiger partial charge in [-0.15, -0.1) is 0 Å². The third-order valence-electron chi connectivity index (χ3n) is 3.77. The zero-order valence-corrected chi connectivity index (χ0v) is 12.6. The SMILES string of the molecule is COC(=O)c1ccc(C(c2ccc[nH]2)c2ccc(C=O)[nH]2)cc1. The number of esters is 1. The Hall–Kier alpha value is -3.08. The van der Waals surface area contributed by atoms with E-state index in [1.165, 1.54) is 7.11 Å².